The number of carbonyl (C=O) groups is 1. The number of aromatic nitrogens is 2. The molecule has 4 nitrogen and oxygen atoms in total. The molecule has 122 valence electrons. The minimum Gasteiger partial charge on any atom is -0.338 e. The van der Waals surface area contributed by atoms with Crippen molar-refractivity contribution in [3.8, 4) is 0 Å². The number of likely N-dealkylation sites (tertiary alicyclic amines) is 1. The van der Waals surface area contributed by atoms with E-state index in [-0.39, 0.29) is 11.3 Å². The first kappa shape index (κ1) is 16.8. The van der Waals surface area contributed by atoms with E-state index in [4.69, 9.17) is 0 Å². The van der Waals surface area contributed by atoms with Gasteiger partial charge in [-0.05, 0) is 45.4 Å². The van der Waals surface area contributed by atoms with Crippen LogP contribution >= 0.6 is 0 Å². The van der Waals surface area contributed by atoms with Crippen molar-refractivity contribution < 1.29 is 4.79 Å². The molecule has 1 amide bonds. The number of aryl methyl sites for hydroxylation is 1. The Morgan fingerprint density at radius 2 is 2.18 bits per heavy atom. The van der Waals surface area contributed by atoms with Gasteiger partial charge in [0, 0.05) is 37.8 Å². The van der Waals surface area contributed by atoms with E-state index < -0.39 is 0 Å². The molecule has 0 bridgehead atoms. The van der Waals surface area contributed by atoms with E-state index in [1.54, 1.807) is 0 Å². The number of amides is 1. The van der Waals surface area contributed by atoms with Crippen LogP contribution in [0.4, 0.5) is 0 Å². The van der Waals surface area contributed by atoms with Crippen LogP contribution in [0.15, 0.2) is 17.8 Å². The SMILES string of the molecule is CC(C)=CCCC1(C)CCC(=O)N(Cc2cnn(C)c2C)C1. The molecule has 4 heteroatoms. The largest absolute Gasteiger partial charge is 0.338 e. The second-order valence-electron chi connectivity index (χ2n) is 7.26. The summed E-state index contributed by atoms with van der Waals surface area (Å²) in [7, 11) is 1.94. The molecular weight excluding hydrogens is 274 g/mol. The molecule has 1 aliphatic heterocycles. The predicted octanol–water partition coefficient (Wildman–Crippen LogP) is 3.60. The fraction of sp³-hybridized carbons (Fsp3) is 0.667. The highest BCUT2D eigenvalue weighted by Crippen LogP contribution is 2.35. The molecule has 1 atom stereocenters. The average Bonchev–Trinajstić information content (AvgIpc) is 2.75. The quantitative estimate of drug-likeness (QED) is 0.779. The molecule has 1 fully saturated rings. The van der Waals surface area contributed by atoms with Crippen LogP contribution in [0.3, 0.4) is 0 Å². The van der Waals surface area contributed by atoms with Crippen molar-refractivity contribution in [3.05, 3.63) is 29.1 Å². The van der Waals surface area contributed by atoms with Crippen LogP contribution in [-0.4, -0.2) is 27.1 Å². The Morgan fingerprint density at radius 1 is 1.45 bits per heavy atom. The third kappa shape index (κ3) is 3.99. The van der Waals surface area contributed by atoms with Gasteiger partial charge in [-0.1, -0.05) is 18.6 Å². The number of allylic oxidation sites excluding steroid dienone is 2. The van der Waals surface area contributed by atoms with Crippen LogP contribution in [0.5, 0.6) is 0 Å². The lowest BCUT2D eigenvalue weighted by molar-refractivity contribution is -0.138. The molecular formula is C18H29N3O. The maximum absolute atomic E-state index is 12.3. The van der Waals surface area contributed by atoms with Gasteiger partial charge in [0.25, 0.3) is 0 Å². The normalized spacial score (nSPS) is 22.0. The third-order valence-corrected chi connectivity index (χ3v) is 4.87. The van der Waals surface area contributed by atoms with Gasteiger partial charge in [0.2, 0.25) is 5.91 Å². The first-order chi connectivity index (χ1) is 10.3. The minimum absolute atomic E-state index is 0.232. The lowest BCUT2D eigenvalue weighted by Gasteiger charge is -2.40. The monoisotopic (exact) mass is 303 g/mol. The van der Waals surface area contributed by atoms with E-state index >= 15 is 0 Å². The number of hydrogen-bond donors (Lipinski definition) is 0. The maximum Gasteiger partial charge on any atom is 0.222 e. The molecule has 0 aliphatic carbocycles. The summed E-state index contributed by atoms with van der Waals surface area (Å²) < 4.78 is 1.87. The van der Waals surface area contributed by atoms with Gasteiger partial charge in [-0.15, -0.1) is 0 Å². The Morgan fingerprint density at radius 3 is 2.77 bits per heavy atom. The molecule has 1 saturated heterocycles. The van der Waals surface area contributed by atoms with E-state index in [2.05, 4.69) is 38.9 Å². The number of nitrogens with zero attached hydrogens (tertiary/aromatic N) is 3. The van der Waals surface area contributed by atoms with Gasteiger partial charge < -0.3 is 4.90 Å². The van der Waals surface area contributed by atoms with Crippen LogP contribution in [0, 0.1) is 12.3 Å². The molecule has 2 rings (SSSR count). The first-order valence-corrected chi connectivity index (χ1v) is 8.19. The summed E-state index contributed by atoms with van der Waals surface area (Å²) in [4.78, 5) is 14.3. The van der Waals surface area contributed by atoms with E-state index in [0.717, 1.165) is 37.1 Å². The van der Waals surface area contributed by atoms with Gasteiger partial charge in [-0.25, -0.2) is 0 Å². The van der Waals surface area contributed by atoms with Crippen LogP contribution in [0.25, 0.3) is 0 Å². The molecule has 1 aromatic rings. The van der Waals surface area contributed by atoms with Crippen molar-refractivity contribution in [1.82, 2.24) is 14.7 Å². The maximum atomic E-state index is 12.3. The predicted molar refractivity (Wildman–Crippen MR) is 89.4 cm³/mol. The van der Waals surface area contributed by atoms with E-state index in [0.29, 0.717) is 13.0 Å². The Labute approximate surface area is 134 Å². The lowest BCUT2D eigenvalue weighted by atomic mass is 9.77. The van der Waals surface area contributed by atoms with Crippen molar-refractivity contribution >= 4 is 5.91 Å². The van der Waals surface area contributed by atoms with Gasteiger partial charge in [0.05, 0.1) is 6.20 Å². The summed E-state index contributed by atoms with van der Waals surface area (Å²) >= 11 is 0. The average molecular weight is 303 g/mol. The second-order valence-corrected chi connectivity index (χ2v) is 7.26. The van der Waals surface area contributed by atoms with Crippen molar-refractivity contribution in [2.75, 3.05) is 6.54 Å². The summed E-state index contributed by atoms with van der Waals surface area (Å²) in [5.74, 6) is 0.281. The molecule has 0 radical (unpaired) electrons. The second kappa shape index (κ2) is 6.67. The molecule has 0 N–H and O–H groups in total. The summed E-state index contributed by atoms with van der Waals surface area (Å²) in [6.07, 6.45) is 8.12. The molecule has 1 unspecified atom stereocenters. The number of rotatable bonds is 5. The van der Waals surface area contributed by atoms with Gasteiger partial charge >= 0.3 is 0 Å². The van der Waals surface area contributed by atoms with Gasteiger partial charge in [0.15, 0.2) is 0 Å². The van der Waals surface area contributed by atoms with Gasteiger partial charge in [-0.3, -0.25) is 9.48 Å². The minimum atomic E-state index is 0.232. The van der Waals surface area contributed by atoms with Crippen molar-refractivity contribution in [2.24, 2.45) is 12.5 Å². The highest BCUT2D eigenvalue weighted by molar-refractivity contribution is 5.77. The van der Waals surface area contributed by atoms with E-state index in [1.807, 2.05) is 22.8 Å². The lowest BCUT2D eigenvalue weighted by Crippen LogP contribution is -2.44. The van der Waals surface area contributed by atoms with Gasteiger partial charge in [-0.2, -0.15) is 5.10 Å². The van der Waals surface area contributed by atoms with E-state index in [1.165, 1.54) is 5.57 Å². The smallest absolute Gasteiger partial charge is 0.222 e. The Balaban J connectivity index is 2.03. The fourth-order valence-electron chi connectivity index (χ4n) is 3.16. The fourth-order valence-corrected chi connectivity index (χ4v) is 3.16. The van der Waals surface area contributed by atoms with Crippen LogP contribution in [0.1, 0.15) is 57.7 Å². The van der Waals surface area contributed by atoms with Gasteiger partial charge in [0.1, 0.15) is 0 Å². The standard InChI is InChI=1S/C18H29N3O/c1-14(2)7-6-9-18(4)10-8-17(22)21(13-18)12-16-11-19-20(5)15(16)3/h7,11H,6,8-10,12-13H2,1-5H3. The van der Waals surface area contributed by atoms with E-state index in [9.17, 15) is 4.79 Å². The highest BCUT2D eigenvalue weighted by Gasteiger charge is 2.34. The van der Waals surface area contributed by atoms with Crippen LogP contribution in [-0.2, 0) is 18.4 Å². The molecule has 1 aliphatic rings. The number of piperidine rings is 1. The number of hydrogen-bond acceptors (Lipinski definition) is 2. The summed E-state index contributed by atoms with van der Waals surface area (Å²) in [5.41, 5.74) is 3.91. The van der Waals surface area contributed by atoms with Crippen molar-refractivity contribution in [2.45, 2.75) is 59.9 Å². The van der Waals surface area contributed by atoms with Crippen molar-refractivity contribution in [1.29, 1.82) is 0 Å². The molecule has 2 heterocycles. The van der Waals surface area contributed by atoms with Crippen LogP contribution < -0.4 is 0 Å². The first-order valence-electron chi connectivity index (χ1n) is 8.19. The zero-order valence-corrected chi connectivity index (χ0v) is 14.6. The zero-order chi connectivity index (χ0) is 16.3. The summed E-state index contributed by atoms with van der Waals surface area (Å²) in [5, 5.41) is 4.28. The molecule has 0 aromatic carbocycles. The Kier molecular flexibility index (Phi) is 5.09. The summed E-state index contributed by atoms with van der Waals surface area (Å²) in [6.45, 7) is 10.2. The summed E-state index contributed by atoms with van der Waals surface area (Å²) in [6, 6.07) is 0. The highest BCUT2D eigenvalue weighted by atomic mass is 16.2. The van der Waals surface area contributed by atoms with Crippen molar-refractivity contribution in [3.63, 3.8) is 0 Å². The molecule has 0 saturated carbocycles. The molecule has 22 heavy (non-hydrogen) atoms. The Hall–Kier alpha value is -1.58. The topological polar surface area (TPSA) is 38.1 Å². The third-order valence-electron chi connectivity index (χ3n) is 4.87. The van der Waals surface area contributed by atoms with Crippen LogP contribution in [0.2, 0.25) is 0 Å². The molecule has 1 aromatic heterocycles. The Bertz CT molecular complexity index is 569. The molecule has 0 spiro atoms. The zero-order valence-electron chi connectivity index (χ0n) is 14.6. The number of carbonyl (C=O) groups excluding carboxylic acids is 1.